The molecule has 1 aromatic heterocycles. The van der Waals surface area contributed by atoms with Gasteiger partial charge in [-0.05, 0) is 30.7 Å². The summed E-state index contributed by atoms with van der Waals surface area (Å²) in [5.74, 6) is 0.279. The van der Waals surface area contributed by atoms with E-state index in [1.54, 1.807) is 12.0 Å². The van der Waals surface area contributed by atoms with Crippen molar-refractivity contribution < 1.29 is 19.2 Å². The standard InChI is InChI=1S/C22H23ClN4O5S.ClH/c1-31-16-4-6-19-20(14-16)33-22(24-19)26(8-2-7-25-9-11-32-12-10-25)21(28)17-13-15(27(29)30)3-5-18(17)23;/h3-6,13-14H,2,7-12H2,1H3;1H. The van der Waals surface area contributed by atoms with Gasteiger partial charge in [0.2, 0.25) is 0 Å². The van der Waals surface area contributed by atoms with Crippen LogP contribution >= 0.6 is 35.3 Å². The van der Waals surface area contributed by atoms with Crippen LogP contribution in [0.5, 0.6) is 5.75 Å². The van der Waals surface area contributed by atoms with Gasteiger partial charge in [-0.15, -0.1) is 12.4 Å². The van der Waals surface area contributed by atoms with E-state index in [1.807, 2.05) is 18.2 Å². The Hall–Kier alpha value is -2.50. The Labute approximate surface area is 211 Å². The van der Waals surface area contributed by atoms with Crippen molar-refractivity contribution in [3.63, 3.8) is 0 Å². The number of nitro groups is 1. The molecular formula is C22H24Cl2N4O5S. The number of hydrogen-bond acceptors (Lipinski definition) is 8. The Morgan fingerprint density at radius 2 is 2.06 bits per heavy atom. The van der Waals surface area contributed by atoms with E-state index in [2.05, 4.69) is 9.88 Å². The molecule has 0 aliphatic carbocycles. The fourth-order valence-electron chi connectivity index (χ4n) is 3.63. The molecule has 0 N–H and O–H groups in total. The monoisotopic (exact) mass is 526 g/mol. The Kier molecular flexibility index (Phi) is 9.03. The summed E-state index contributed by atoms with van der Waals surface area (Å²) in [6, 6.07) is 9.40. The fourth-order valence-corrected chi connectivity index (χ4v) is 4.85. The van der Waals surface area contributed by atoms with Crippen molar-refractivity contribution in [1.82, 2.24) is 9.88 Å². The van der Waals surface area contributed by atoms with Crippen molar-refractivity contribution in [2.45, 2.75) is 6.42 Å². The number of nitro benzene ring substituents is 1. The highest BCUT2D eigenvalue weighted by atomic mass is 35.5. The third-order valence-corrected chi connectivity index (χ3v) is 6.78. The number of amides is 1. The minimum Gasteiger partial charge on any atom is -0.497 e. The van der Waals surface area contributed by atoms with Gasteiger partial charge in [0.25, 0.3) is 11.6 Å². The van der Waals surface area contributed by atoms with Crippen LogP contribution in [0.2, 0.25) is 5.02 Å². The second-order valence-corrected chi connectivity index (χ2v) is 8.93. The van der Waals surface area contributed by atoms with E-state index in [-0.39, 0.29) is 28.7 Å². The molecule has 1 amide bonds. The Balaban J connectivity index is 0.00000324. The Morgan fingerprint density at radius 3 is 2.76 bits per heavy atom. The molecule has 2 aromatic carbocycles. The molecule has 0 unspecified atom stereocenters. The molecule has 1 saturated heterocycles. The van der Waals surface area contributed by atoms with Crippen LogP contribution in [0.25, 0.3) is 10.2 Å². The summed E-state index contributed by atoms with van der Waals surface area (Å²) in [7, 11) is 1.59. The van der Waals surface area contributed by atoms with E-state index in [4.69, 9.17) is 21.1 Å². The van der Waals surface area contributed by atoms with Crippen LogP contribution in [-0.2, 0) is 4.74 Å². The van der Waals surface area contributed by atoms with Crippen LogP contribution < -0.4 is 9.64 Å². The molecule has 34 heavy (non-hydrogen) atoms. The number of aromatic nitrogens is 1. The third-order valence-electron chi connectivity index (χ3n) is 5.41. The highest BCUT2D eigenvalue weighted by molar-refractivity contribution is 7.22. The summed E-state index contributed by atoms with van der Waals surface area (Å²) in [6.45, 7) is 4.30. The molecule has 9 nitrogen and oxygen atoms in total. The molecule has 1 fully saturated rings. The first-order valence-corrected chi connectivity index (χ1v) is 11.7. The number of morpholine rings is 1. The first-order chi connectivity index (χ1) is 16.0. The van der Waals surface area contributed by atoms with Crippen molar-refractivity contribution in [1.29, 1.82) is 0 Å². The second-order valence-electron chi connectivity index (χ2n) is 7.52. The first-order valence-electron chi connectivity index (χ1n) is 10.5. The molecule has 0 saturated carbocycles. The number of non-ortho nitro benzene ring substituents is 1. The number of halogens is 2. The number of methoxy groups -OCH3 is 1. The molecule has 4 rings (SSSR count). The summed E-state index contributed by atoms with van der Waals surface area (Å²) in [5, 5.41) is 11.9. The maximum Gasteiger partial charge on any atom is 0.270 e. The van der Waals surface area contributed by atoms with Gasteiger partial charge in [-0.3, -0.25) is 24.7 Å². The highest BCUT2D eigenvalue weighted by Crippen LogP contribution is 2.33. The summed E-state index contributed by atoms with van der Waals surface area (Å²) in [5.41, 5.74) is 0.631. The van der Waals surface area contributed by atoms with Gasteiger partial charge in [0.1, 0.15) is 5.75 Å². The number of ether oxygens (including phenoxy) is 2. The zero-order chi connectivity index (χ0) is 23.4. The number of carbonyl (C=O) groups is 1. The lowest BCUT2D eigenvalue weighted by Gasteiger charge is -2.27. The molecule has 2 heterocycles. The molecular weight excluding hydrogens is 503 g/mol. The molecule has 182 valence electrons. The third kappa shape index (κ3) is 5.94. The zero-order valence-electron chi connectivity index (χ0n) is 18.4. The van der Waals surface area contributed by atoms with Gasteiger partial charge in [0, 0.05) is 38.3 Å². The number of hydrogen-bond donors (Lipinski definition) is 0. The fraction of sp³-hybridized carbons (Fsp3) is 0.364. The molecule has 3 aromatic rings. The Bertz CT molecular complexity index is 1170. The second kappa shape index (κ2) is 11.8. The van der Waals surface area contributed by atoms with E-state index in [0.717, 1.165) is 29.9 Å². The molecule has 12 heteroatoms. The molecule has 0 bridgehead atoms. The van der Waals surface area contributed by atoms with Gasteiger partial charge in [0.15, 0.2) is 5.13 Å². The van der Waals surface area contributed by atoms with Crippen molar-refractivity contribution in [2.75, 3.05) is 51.4 Å². The van der Waals surface area contributed by atoms with Crippen LogP contribution in [0.4, 0.5) is 10.8 Å². The number of thiazole rings is 1. The van der Waals surface area contributed by atoms with Gasteiger partial charge in [-0.25, -0.2) is 4.98 Å². The average Bonchev–Trinajstić information content (AvgIpc) is 3.25. The lowest BCUT2D eigenvalue weighted by molar-refractivity contribution is -0.384. The number of nitrogens with zero attached hydrogens (tertiary/aromatic N) is 4. The largest absolute Gasteiger partial charge is 0.497 e. The predicted octanol–water partition coefficient (Wildman–Crippen LogP) is 4.66. The number of fused-ring (bicyclic) bond motifs is 1. The number of rotatable bonds is 8. The predicted molar refractivity (Wildman–Crippen MR) is 135 cm³/mol. The lowest BCUT2D eigenvalue weighted by atomic mass is 10.1. The minimum absolute atomic E-state index is 0. The van der Waals surface area contributed by atoms with Gasteiger partial charge in [-0.2, -0.15) is 0 Å². The van der Waals surface area contributed by atoms with E-state index in [9.17, 15) is 14.9 Å². The molecule has 1 aliphatic rings. The van der Waals surface area contributed by atoms with E-state index < -0.39 is 10.8 Å². The molecule has 0 radical (unpaired) electrons. The summed E-state index contributed by atoms with van der Waals surface area (Å²) >= 11 is 7.64. The number of anilines is 1. The van der Waals surface area contributed by atoms with Crippen LogP contribution in [0.15, 0.2) is 36.4 Å². The lowest BCUT2D eigenvalue weighted by Crippen LogP contribution is -2.39. The number of carbonyl (C=O) groups excluding carboxylic acids is 1. The van der Waals surface area contributed by atoms with Crippen LogP contribution in [0.3, 0.4) is 0 Å². The zero-order valence-corrected chi connectivity index (χ0v) is 20.8. The van der Waals surface area contributed by atoms with Gasteiger partial charge in [-0.1, -0.05) is 22.9 Å². The number of benzene rings is 2. The van der Waals surface area contributed by atoms with Crippen LogP contribution in [0.1, 0.15) is 16.8 Å². The maximum absolute atomic E-state index is 13.6. The molecule has 1 aliphatic heterocycles. The maximum atomic E-state index is 13.6. The van der Waals surface area contributed by atoms with Crippen LogP contribution in [0, 0.1) is 10.1 Å². The van der Waals surface area contributed by atoms with Crippen molar-refractivity contribution in [2.24, 2.45) is 0 Å². The van der Waals surface area contributed by atoms with Crippen molar-refractivity contribution in [3.8, 4) is 5.75 Å². The molecule has 0 atom stereocenters. The average molecular weight is 527 g/mol. The summed E-state index contributed by atoms with van der Waals surface area (Å²) in [6.07, 6.45) is 0.706. The quantitative estimate of drug-likeness (QED) is 0.311. The Morgan fingerprint density at radius 1 is 1.29 bits per heavy atom. The van der Waals surface area contributed by atoms with E-state index >= 15 is 0 Å². The van der Waals surface area contributed by atoms with Crippen LogP contribution in [-0.4, -0.2) is 67.2 Å². The molecule has 0 spiro atoms. The topological polar surface area (TPSA) is 98.0 Å². The van der Waals surface area contributed by atoms with Crippen molar-refractivity contribution >= 4 is 62.3 Å². The minimum atomic E-state index is -0.542. The normalized spacial score (nSPS) is 13.9. The van der Waals surface area contributed by atoms with E-state index in [0.29, 0.717) is 37.1 Å². The summed E-state index contributed by atoms with van der Waals surface area (Å²) < 4.78 is 11.6. The van der Waals surface area contributed by atoms with Gasteiger partial charge in [0.05, 0.1) is 46.0 Å². The first kappa shape index (κ1) is 26.1. The van der Waals surface area contributed by atoms with Crippen molar-refractivity contribution in [3.05, 3.63) is 57.1 Å². The smallest absolute Gasteiger partial charge is 0.270 e. The van der Waals surface area contributed by atoms with Gasteiger partial charge >= 0.3 is 0 Å². The summed E-state index contributed by atoms with van der Waals surface area (Å²) in [4.78, 5) is 32.8. The van der Waals surface area contributed by atoms with Gasteiger partial charge < -0.3 is 9.47 Å². The highest BCUT2D eigenvalue weighted by Gasteiger charge is 2.25. The van der Waals surface area contributed by atoms with E-state index in [1.165, 1.54) is 29.5 Å². The SMILES string of the molecule is COc1ccc2nc(N(CCCN3CCOCC3)C(=O)c3cc([N+](=O)[O-])ccc3Cl)sc2c1.Cl.